The van der Waals surface area contributed by atoms with Crippen LogP contribution in [0.3, 0.4) is 0 Å². The van der Waals surface area contributed by atoms with Crippen molar-refractivity contribution in [1.29, 1.82) is 0 Å². The summed E-state index contributed by atoms with van der Waals surface area (Å²) in [4.78, 5) is 42.1. The molecule has 0 atom stereocenters. The van der Waals surface area contributed by atoms with Gasteiger partial charge in [-0.15, -0.1) is 0 Å². The maximum Gasteiger partial charge on any atom is 0.277 e. The second-order valence-electron chi connectivity index (χ2n) is 6.72. The van der Waals surface area contributed by atoms with Gasteiger partial charge in [-0.2, -0.15) is 0 Å². The molecule has 138 valence electrons. The molecule has 3 heterocycles. The largest absolute Gasteiger partial charge is 0.340 e. The number of nitrogens with one attached hydrogen (secondary N) is 2. The van der Waals surface area contributed by atoms with Crippen molar-refractivity contribution in [2.24, 2.45) is 0 Å². The average Bonchev–Trinajstić information content (AvgIpc) is 3.35. The molecule has 6 rings (SSSR count). The smallest absolute Gasteiger partial charge is 0.277 e. The number of benzene rings is 2. The van der Waals surface area contributed by atoms with Gasteiger partial charge in [0.05, 0.1) is 17.6 Å². The van der Waals surface area contributed by atoms with Crippen LogP contribution in [0.25, 0.3) is 33.2 Å². The number of aromatic amines is 1. The molecule has 2 N–H and O–H groups in total. The molecule has 0 amide bonds. The number of carbonyl (C=O) groups excluding carboxylic acids is 1. The molecule has 0 aliphatic heterocycles. The van der Waals surface area contributed by atoms with Gasteiger partial charge >= 0.3 is 0 Å². The SMILES string of the molecule is O=C1c2ccccc2-c2c1c1ccccc1c(=O)n2Nc1ncnc2nc[nH]c12. The van der Waals surface area contributed by atoms with E-state index in [1.165, 1.54) is 17.3 Å². The molecule has 0 fully saturated rings. The Kier molecular flexibility index (Phi) is 3.02. The quantitative estimate of drug-likeness (QED) is 0.479. The van der Waals surface area contributed by atoms with Gasteiger partial charge in [-0.3, -0.25) is 15.0 Å². The van der Waals surface area contributed by atoms with Crippen molar-refractivity contribution in [3.05, 3.63) is 82.7 Å². The fourth-order valence-electron chi connectivity index (χ4n) is 3.92. The van der Waals surface area contributed by atoms with Gasteiger partial charge in [0.2, 0.25) is 0 Å². The minimum Gasteiger partial charge on any atom is -0.340 e. The van der Waals surface area contributed by atoms with Crippen LogP contribution in [-0.4, -0.2) is 30.4 Å². The lowest BCUT2D eigenvalue weighted by molar-refractivity contribution is 0.104. The van der Waals surface area contributed by atoms with Crippen LogP contribution >= 0.6 is 0 Å². The predicted molar refractivity (Wildman–Crippen MR) is 108 cm³/mol. The molecule has 1 aliphatic carbocycles. The number of anilines is 1. The third-order valence-electron chi connectivity index (χ3n) is 5.18. The molecule has 0 saturated carbocycles. The Bertz CT molecular complexity index is 1530. The number of fused-ring (bicyclic) bond motifs is 6. The molecule has 0 radical (unpaired) electrons. The van der Waals surface area contributed by atoms with Crippen molar-refractivity contribution < 1.29 is 4.79 Å². The van der Waals surface area contributed by atoms with Crippen molar-refractivity contribution in [3.63, 3.8) is 0 Å². The lowest BCUT2D eigenvalue weighted by Gasteiger charge is -2.16. The average molecular weight is 380 g/mol. The second kappa shape index (κ2) is 5.59. The highest BCUT2D eigenvalue weighted by atomic mass is 16.1. The number of hydrogen-bond donors (Lipinski definition) is 2. The van der Waals surface area contributed by atoms with Crippen LogP contribution in [0.2, 0.25) is 0 Å². The zero-order valence-corrected chi connectivity index (χ0v) is 14.9. The van der Waals surface area contributed by atoms with E-state index in [-0.39, 0.29) is 11.3 Å². The Hall–Kier alpha value is -4.33. The van der Waals surface area contributed by atoms with E-state index in [2.05, 4.69) is 25.4 Å². The molecule has 1 aliphatic rings. The summed E-state index contributed by atoms with van der Waals surface area (Å²) in [5.74, 6) is 0.292. The first-order valence-corrected chi connectivity index (χ1v) is 8.97. The molecule has 8 heteroatoms. The van der Waals surface area contributed by atoms with E-state index in [9.17, 15) is 9.59 Å². The summed E-state index contributed by atoms with van der Waals surface area (Å²) in [5, 5.41) is 1.09. The van der Waals surface area contributed by atoms with Crippen molar-refractivity contribution in [2.75, 3.05) is 5.43 Å². The highest BCUT2D eigenvalue weighted by Crippen LogP contribution is 2.39. The summed E-state index contributed by atoms with van der Waals surface area (Å²) in [5.41, 5.74) is 6.17. The van der Waals surface area contributed by atoms with Gasteiger partial charge in [0.25, 0.3) is 5.56 Å². The normalized spacial score (nSPS) is 12.3. The van der Waals surface area contributed by atoms with Crippen molar-refractivity contribution >= 4 is 33.5 Å². The molecule has 3 aromatic heterocycles. The molecule has 0 saturated heterocycles. The van der Waals surface area contributed by atoms with Crippen LogP contribution in [-0.2, 0) is 0 Å². The van der Waals surface area contributed by atoms with Crippen LogP contribution in [0.5, 0.6) is 0 Å². The summed E-state index contributed by atoms with van der Waals surface area (Å²) in [6.07, 6.45) is 2.88. The molecule has 8 nitrogen and oxygen atoms in total. The maximum atomic E-state index is 13.4. The van der Waals surface area contributed by atoms with Gasteiger partial charge in [0.1, 0.15) is 11.8 Å². The Morgan fingerprint density at radius 1 is 0.862 bits per heavy atom. The summed E-state index contributed by atoms with van der Waals surface area (Å²) in [6, 6.07) is 14.4. The Balaban J connectivity index is 1.72. The van der Waals surface area contributed by atoms with E-state index < -0.39 is 0 Å². The lowest BCUT2D eigenvalue weighted by Crippen LogP contribution is -2.29. The van der Waals surface area contributed by atoms with Gasteiger partial charge in [-0.05, 0) is 6.07 Å². The number of pyridine rings is 1. The van der Waals surface area contributed by atoms with E-state index in [1.807, 2.05) is 30.3 Å². The van der Waals surface area contributed by atoms with E-state index in [0.717, 1.165) is 0 Å². The van der Waals surface area contributed by atoms with Gasteiger partial charge in [0, 0.05) is 21.9 Å². The minimum atomic E-state index is -0.268. The van der Waals surface area contributed by atoms with E-state index in [4.69, 9.17) is 0 Å². The zero-order valence-electron chi connectivity index (χ0n) is 14.9. The summed E-state index contributed by atoms with van der Waals surface area (Å²) in [7, 11) is 0. The number of ketones is 1. The van der Waals surface area contributed by atoms with E-state index >= 15 is 0 Å². The summed E-state index contributed by atoms with van der Waals surface area (Å²) in [6.45, 7) is 0. The van der Waals surface area contributed by atoms with Gasteiger partial charge in [-0.25, -0.2) is 19.6 Å². The standard InChI is InChI=1S/C21H12N6O2/c28-18-13-7-3-2-6-12(13)17-15(18)11-5-1-4-8-14(11)21(29)27(17)26-20-16-19(23-9-22-16)24-10-25-20/h1-10H,(H2,22,23,24,25,26). The third kappa shape index (κ3) is 2.05. The second-order valence-corrected chi connectivity index (χ2v) is 6.72. The molecule has 2 aromatic carbocycles. The predicted octanol–water partition coefficient (Wildman–Crippen LogP) is 2.75. The van der Waals surface area contributed by atoms with Crippen LogP contribution in [0.1, 0.15) is 15.9 Å². The van der Waals surface area contributed by atoms with E-state index in [0.29, 0.717) is 50.1 Å². The van der Waals surface area contributed by atoms with E-state index in [1.54, 1.807) is 18.2 Å². The number of imidazole rings is 1. The van der Waals surface area contributed by atoms with Gasteiger partial charge < -0.3 is 4.98 Å². The van der Waals surface area contributed by atoms with Gasteiger partial charge in [0.15, 0.2) is 17.2 Å². The molecular weight excluding hydrogens is 368 g/mol. The first kappa shape index (κ1) is 15.7. The maximum absolute atomic E-state index is 13.4. The Labute approximate surface area is 162 Å². The van der Waals surface area contributed by atoms with Crippen molar-refractivity contribution in [1.82, 2.24) is 24.6 Å². The van der Waals surface area contributed by atoms with Crippen LogP contribution in [0.15, 0.2) is 66.0 Å². The molecule has 0 bridgehead atoms. The Morgan fingerprint density at radius 2 is 1.62 bits per heavy atom. The highest BCUT2D eigenvalue weighted by molar-refractivity contribution is 6.26. The number of rotatable bonds is 2. The molecular formula is C21H12N6O2. The molecule has 0 unspecified atom stereocenters. The molecule has 5 aromatic rings. The minimum absolute atomic E-state index is 0.100. The van der Waals surface area contributed by atoms with Crippen LogP contribution < -0.4 is 11.0 Å². The molecule has 29 heavy (non-hydrogen) atoms. The van der Waals surface area contributed by atoms with Gasteiger partial charge in [-0.1, -0.05) is 42.5 Å². The Morgan fingerprint density at radius 3 is 2.48 bits per heavy atom. The molecule has 0 spiro atoms. The fraction of sp³-hybridized carbons (Fsp3) is 0. The topological polar surface area (TPSA) is 106 Å². The number of aromatic nitrogens is 5. The highest BCUT2D eigenvalue weighted by Gasteiger charge is 2.32. The first-order valence-electron chi connectivity index (χ1n) is 8.97. The van der Waals surface area contributed by atoms with Crippen LogP contribution in [0.4, 0.5) is 5.82 Å². The first-order chi connectivity index (χ1) is 14.2. The third-order valence-corrected chi connectivity index (χ3v) is 5.18. The zero-order chi connectivity index (χ0) is 19.5. The van der Waals surface area contributed by atoms with Crippen LogP contribution in [0, 0.1) is 0 Å². The number of H-pyrrole nitrogens is 1. The number of carbonyl (C=O) groups is 1. The van der Waals surface area contributed by atoms with Crippen molar-refractivity contribution in [3.8, 4) is 11.3 Å². The summed E-state index contributed by atoms with van der Waals surface area (Å²) < 4.78 is 1.39. The van der Waals surface area contributed by atoms with Crippen molar-refractivity contribution in [2.45, 2.75) is 0 Å². The number of hydrogen-bond acceptors (Lipinski definition) is 6. The summed E-state index contributed by atoms with van der Waals surface area (Å²) >= 11 is 0. The lowest BCUT2D eigenvalue weighted by atomic mass is 10.0. The fourth-order valence-corrected chi connectivity index (χ4v) is 3.92. The monoisotopic (exact) mass is 380 g/mol. The number of nitrogens with zero attached hydrogens (tertiary/aromatic N) is 4.